The minimum absolute atomic E-state index is 0.0539. The van der Waals surface area contributed by atoms with Crippen molar-refractivity contribution in [2.45, 2.75) is 31.7 Å². The summed E-state index contributed by atoms with van der Waals surface area (Å²) >= 11 is 0. The van der Waals surface area contributed by atoms with Crippen molar-refractivity contribution < 1.29 is 17.6 Å². The van der Waals surface area contributed by atoms with E-state index in [1.807, 2.05) is 0 Å². The summed E-state index contributed by atoms with van der Waals surface area (Å²) in [5.41, 5.74) is 0.390. The van der Waals surface area contributed by atoms with Crippen LogP contribution in [-0.4, -0.2) is 44.8 Å². The molecule has 0 radical (unpaired) electrons. The van der Waals surface area contributed by atoms with Crippen LogP contribution in [0.1, 0.15) is 25.7 Å². The van der Waals surface area contributed by atoms with E-state index in [1.54, 1.807) is 0 Å². The van der Waals surface area contributed by atoms with Gasteiger partial charge in [0.15, 0.2) is 0 Å². The van der Waals surface area contributed by atoms with Crippen molar-refractivity contribution in [1.29, 1.82) is 0 Å². The molecule has 2 fully saturated rings. The zero-order valence-corrected chi connectivity index (χ0v) is 14.4. The number of hydrogen-bond acceptors (Lipinski definition) is 3. The first-order valence-electron chi connectivity index (χ1n) is 8.18. The quantitative estimate of drug-likeness (QED) is 0.870. The van der Waals surface area contributed by atoms with Gasteiger partial charge >= 0.3 is 10.2 Å². The molecule has 24 heavy (non-hydrogen) atoms. The number of amides is 1. The maximum Gasteiger partial charge on any atom is 0.303 e. The maximum atomic E-state index is 13.0. The van der Waals surface area contributed by atoms with Crippen LogP contribution in [0.3, 0.4) is 0 Å². The van der Waals surface area contributed by atoms with E-state index < -0.39 is 16.0 Å². The van der Waals surface area contributed by atoms with Gasteiger partial charge < -0.3 is 5.32 Å². The molecular weight excluding hydrogens is 333 g/mol. The molecule has 2 aliphatic rings. The third-order valence-corrected chi connectivity index (χ3v) is 6.43. The maximum absolute atomic E-state index is 13.0. The number of anilines is 1. The molecule has 1 aliphatic carbocycles. The van der Waals surface area contributed by atoms with Gasteiger partial charge in [-0.1, -0.05) is 0 Å². The van der Waals surface area contributed by atoms with Crippen LogP contribution in [0.15, 0.2) is 24.3 Å². The molecule has 1 aromatic carbocycles. The third-order valence-electron chi connectivity index (χ3n) is 4.54. The molecule has 132 valence electrons. The Labute approximate surface area is 141 Å². The van der Waals surface area contributed by atoms with Gasteiger partial charge in [-0.25, -0.2) is 4.39 Å². The minimum Gasteiger partial charge on any atom is -0.353 e. The Morgan fingerprint density at radius 2 is 1.92 bits per heavy atom. The largest absolute Gasteiger partial charge is 0.353 e. The molecule has 1 amide bonds. The van der Waals surface area contributed by atoms with Crippen LogP contribution < -0.4 is 9.62 Å². The van der Waals surface area contributed by atoms with E-state index in [0.29, 0.717) is 25.1 Å². The second kappa shape index (κ2) is 6.68. The number of benzene rings is 1. The van der Waals surface area contributed by atoms with E-state index in [-0.39, 0.29) is 24.4 Å². The first kappa shape index (κ1) is 17.2. The van der Waals surface area contributed by atoms with E-state index in [9.17, 15) is 17.6 Å². The zero-order chi connectivity index (χ0) is 17.3. The van der Waals surface area contributed by atoms with Crippen molar-refractivity contribution >= 4 is 21.8 Å². The van der Waals surface area contributed by atoms with Gasteiger partial charge in [0, 0.05) is 26.2 Å². The Balaban J connectivity index is 1.70. The fourth-order valence-electron chi connectivity index (χ4n) is 2.87. The smallest absolute Gasteiger partial charge is 0.303 e. The van der Waals surface area contributed by atoms with Crippen molar-refractivity contribution in [2.75, 3.05) is 24.4 Å². The van der Waals surface area contributed by atoms with Crippen LogP contribution in [0.25, 0.3) is 0 Å². The molecule has 1 saturated heterocycles. The number of nitrogens with zero attached hydrogens (tertiary/aromatic N) is 2. The monoisotopic (exact) mass is 355 g/mol. The summed E-state index contributed by atoms with van der Waals surface area (Å²) in [5.74, 6) is -0.781. The molecule has 1 aliphatic heterocycles. The number of carbonyl (C=O) groups is 1. The highest BCUT2D eigenvalue weighted by atomic mass is 32.2. The van der Waals surface area contributed by atoms with Crippen molar-refractivity contribution in [3.8, 4) is 0 Å². The summed E-state index contributed by atoms with van der Waals surface area (Å²) in [6.45, 7) is 0.577. The summed E-state index contributed by atoms with van der Waals surface area (Å²) in [7, 11) is -2.30. The molecule has 6 nitrogen and oxygen atoms in total. The van der Waals surface area contributed by atoms with Crippen LogP contribution in [-0.2, 0) is 15.0 Å². The molecule has 1 aromatic rings. The van der Waals surface area contributed by atoms with Crippen LogP contribution >= 0.6 is 0 Å². The van der Waals surface area contributed by atoms with Crippen molar-refractivity contribution in [3.63, 3.8) is 0 Å². The topological polar surface area (TPSA) is 69.7 Å². The van der Waals surface area contributed by atoms with Crippen LogP contribution in [0.2, 0.25) is 0 Å². The molecule has 1 atom stereocenters. The Hall–Kier alpha value is -1.67. The minimum atomic E-state index is -3.74. The van der Waals surface area contributed by atoms with Crippen molar-refractivity contribution in [1.82, 2.24) is 9.62 Å². The molecule has 3 rings (SSSR count). The van der Waals surface area contributed by atoms with Gasteiger partial charge in [-0.3, -0.25) is 9.10 Å². The molecule has 0 bridgehead atoms. The molecule has 0 spiro atoms. The Bertz CT molecular complexity index is 704. The van der Waals surface area contributed by atoms with Gasteiger partial charge in [0.25, 0.3) is 0 Å². The van der Waals surface area contributed by atoms with Gasteiger partial charge in [0.05, 0.1) is 11.6 Å². The first-order valence-corrected chi connectivity index (χ1v) is 9.57. The number of piperidine rings is 1. The van der Waals surface area contributed by atoms with E-state index >= 15 is 0 Å². The number of carbonyl (C=O) groups excluding carboxylic acids is 1. The van der Waals surface area contributed by atoms with Crippen molar-refractivity contribution in [3.05, 3.63) is 30.1 Å². The second-order valence-electron chi connectivity index (χ2n) is 6.43. The Morgan fingerprint density at radius 1 is 1.25 bits per heavy atom. The molecule has 1 N–H and O–H groups in total. The number of halogens is 1. The SMILES string of the molecule is CN(c1ccc(F)cc1)S(=O)(=O)N1CCCC(C(=O)NC2CC2)C1. The molecule has 1 saturated carbocycles. The summed E-state index contributed by atoms with van der Waals surface area (Å²) in [6.07, 6.45) is 3.37. The molecular formula is C16H22FN3O3S. The van der Waals surface area contributed by atoms with Gasteiger partial charge in [0.2, 0.25) is 5.91 Å². The lowest BCUT2D eigenvalue weighted by Crippen LogP contribution is -2.50. The third kappa shape index (κ3) is 3.70. The Kier molecular flexibility index (Phi) is 4.78. The number of rotatable bonds is 5. The zero-order valence-electron chi connectivity index (χ0n) is 13.6. The van der Waals surface area contributed by atoms with Crippen LogP contribution in [0, 0.1) is 11.7 Å². The molecule has 1 heterocycles. The lowest BCUT2D eigenvalue weighted by atomic mass is 9.99. The summed E-state index contributed by atoms with van der Waals surface area (Å²) in [4.78, 5) is 12.2. The average Bonchev–Trinajstić information content (AvgIpc) is 3.39. The summed E-state index contributed by atoms with van der Waals surface area (Å²) in [6, 6.07) is 5.57. The fourth-order valence-corrected chi connectivity index (χ4v) is 4.33. The van der Waals surface area contributed by atoms with E-state index in [0.717, 1.165) is 17.1 Å². The molecule has 8 heteroatoms. The van der Waals surface area contributed by atoms with E-state index in [1.165, 1.54) is 35.6 Å². The molecule has 1 unspecified atom stereocenters. The predicted molar refractivity (Wildman–Crippen MR) is 89.2 cm³/mol. The van der Waals surface area contributed by atoms with Gasteiger partial charge in [0.1, 0.15) is 5.82 Å². The van der Waals surface area contributed by atoms with Crippen molar-refractivity contribution in [2.24, 2.45) is 5.92 Å². The second-order valence-corrected chi connectivity index (χ2v) is 8.39. The summed E-state index contributed by atoms with van der Waals surface area (Å²) < 4.78 is 41.1. The first-order chi connectivity index (χ1) is 11.4. The predicted octanol–water partition coefficient (Wildman–Crippen LogP) is 1.50. The summed E-state index contributed by atoms with van der Waals surface area (Å²) in [5, 5.41) is 2.95. The highest BCUT2D eigenvalue weighted by molar-refractivity contribution is 7.90. The normalized spacial score (nSPS) is 22.2. The van der Waals surface area contributed by atoms with Crippen LogP contribution in [0.5, 0.6) is 0 Å². The van der Waals surface area contributed by atoms with E-state index in [2.05, 4.69) is 5.32 Å². The van der Waals surface area contributed by atoms with Gasteiger partial charge in [-0.2, -0.15) is 12.7 Å². The lowest BCUT2D eigenvalue weighted by Gasteiger charge is -2.34. The van der Waals surface area contributed by atoms with Gasteiger partial charge in [-0.05, 0) is 49.9 Å². The average molecular weight is 355 g/mol. The van der Waals surface area contributed by atoms with Crippen LogP contribution in [0.4, 0.5) is 10.1 Å². The van der Waals surface area contributed by atoms with Gasteiger partial charge in [-0.15, -0.1) is 0 Å². The Morgan fingerprint density at radius 3 is 2.54 bits per heavy atom. The number of hydrogen-bond donors (Lipinski definition) is 1. The highest BCUT2D eigenvalue weighted by Gasteiger charge is 2.36. The lowest BCUT2D eigenvalue weighted by molar-refractivity contribution is -0.126. The standard InChI is InChI=1S/C16H22FN3O3S/c1-19(15-8-4-13(17)5-9-15)24(22,23)20-10-2-3-12(11-20)16(21)18-14-6-7-14/h4-5,8-9,12,14H,2-3,6-7,10-11H2,1H3,(H,18,21). The number of nitrogens with one attached hydrogen (secondary N) is 1. The highest BCUT2D eigenvalue weighted by Crippen LogP contribution is 2.26. The van der Waals surface area contributed by atoms with E-state index in [4.69, 9.17) is 0 Å². The molecule has 0 aromatic heterocycles. The fraction of sp³-hybridized carbons (Fsp3) is 0.562.